The summed E-state index contributed by atoms with van der Waals surface area (Å²) >= 11 is 0. The van der Waals surface area contributed by atoms with Gasteiger partial charge in [0, 0.05) is 16.9 Å². The molecule has 0 spiro atoms. The third kappa shape index (κ3) is 1.68. The molecule has 0 radical (unpaired) electrons. The molecule has 0 aliphatic carbocycles. The molecular weight excluding hydrogens is 188 g/mol. The molecule has 0 fully saturated rings. The van der Waals surface area contributed by atoms with E-state index in [1.165, 1.54) is 0 Å². The minimum Gasteiger partial charge on any atom is -0.303 e. The number of aldehydes is 1. The van der Waals surface area contributed by atoms with E-state index < -0.39 is 0 Å². The Morgan fingerprint density at radius 1 is 1.20 bits per heavy atom. The van der Waals surface area contributed by atoms with Crippen LogP contribution >= 0.6 is 0 Å². The second kappa shape index (κ2) is 3.69. The van der Waals surface area contributed by atoms with Gasteiger partial charge in [-0.2, -0.15) is 0 Å². The predicted molar refractivity (Wildman–Crippen MR) is 58.4 cm³/mol. The minimum atomic E-state index is 0.688. The summed E-state index contributed by atoms with van der Waals surface area (Å²) in [6.07, 6.45) is 2.64. The summed E-state index contributed by atoms with van der Waals surface area (Å²) in [6.45, 7) is 4.00. The molecule has 0 aliphatic rings. The number of hydrogen-bond acceptors (Lipinski definition) is 2. The SMILES string of the molecule is Cc1ncn(-c2ccc(C=O)cc2)c1C. The standard InChI is InChI=1S/C12H12N2O/c1-9-10(2)14(8-13-9)12-5-3-11(7-15)4-6-12/h3-8H,1-2H3. The number of imidazole rings is 1. The molecule has 76 valence electrons. The van der Waals surface area contributed by atoms with Gasteiger partial charge in [-0.1, -0.05) is 0 Å². The van der Waals surface area contributed by atoms with E-state index in [0.717, 1.165) is 23.4 Å². The third-order valence-electron chi connectivity index (χ3n) is 2.56. The molecule has 15 heavy (non-hydrogen) atoms. The highest BCUT2D eigenvalue weighted by atomic mass is 16.1. The van der Waals surface area contributed by atoms with Crippen LogP contribution in [0.2, 0.25) is 0 Å². The largest absolute Gasteiger partial charge is 0.303 e. The van der Waals surface area contributed by atoms with Crippen LogP contribution in [0, 0.1) is 13.8 Å². The Bertz CT molecular complexity index is 483. The van der Waals surface area contributed by atoms with Gasteiger partial charge in [0.1, 0.15) is 6.29 Å². The summed E-state index contributed by atoms with van der Waals surface area (Å²) in [4.78, 5) is 14.7. The van der Waals surface area contributed by atoms with Crippen molar-refractivity contribution in [2.75, 3.05) is 0 Å². The van der Waals surface area contributed by atoms with Crippen LogP contribution in [-0.2, 0) is 0 Å². The maximum Gasteiger partial charge on any atom is 0.150 e. The van der Waals surface area contributed by atoms with E-state index in [1.807, 2.05) is 30.5 Å². The summed E-state index contributed by atoms with van der Waals surface area (Å²) in [5.74, 6) is 0. The van der Waals surface area contributed by atoms with Crippen molar-refractivity contribution >= 4 is 6.29 Å². The second-order valence-corrected chi connectivity index (χ2v) is 3.49. The molecule has 0 N–H and O–H groups in total. The molecular formula is C12H12N2O. The lowest BCUT2D eigenvalue weighted by molar-refractivity contribution is 0.112. The number of benzene rings is 1. The number of aryl methyl sites for hydroxylation is 1. The Labute approximate surface area is 88.4 Å². The molecule has 0 saturated heterocycles. The second-order valence-electron chi connectivity index (χ2n) is 3.49. The van der Waals surface area contributed by atoms with Gasteiger partial charge in [0.05, 0.1) is 12.0 Å². The maximum atomic E-state index is 10.5. The lowest BCUT2D eigenvalue weighted by Crippen LogP contribution is -1.95. The van der Waals surface area contributed by atoms with E-state index in [2.05, 4.69) is 4.98 Å². The molecule has 0 unspecified atom stereocenters. The van der Waals surface area contributed by atoms with Crippen LogP contribution in [0.5, 0.6) is 0 Å². The Hall–Kier alpha value is -1.90. The van der Waals surface area contributed by atoms with Gasteiger partial charge in [-0.05, 0) is 38.1 Å². The highest BCUT2D eigenvalue weighted by molar-refractivity contribution is 5.75. The monoisotopic (exact) mass is 200 g/mol. The fourth-order valence-electron chi connectivity index (χ4n) is 1.47. The van der Waals surface area contributed by atoms with E-state index in [-0.39, 0.29) is 0 Å². The first kappa shape index (κ1) is 9.65. The van der Waals surface area contributed by atoms with Crippen molar-refractivity contribution < 1.29 is 4.79 Å². The lowest BCUT2D eigenvalue weighted by atomic mass is 10.2. The number of carbonyl (C=O) groups is 1. The van der Waals surface area contributed by atoms with Crippen LogP contribution in [0.1, 0.15) is 21.7 Å². The molecule has 0 amide bonds. The molecule has 1 heterocycles. The molecule has 3 nitrogen and oxygen atoms in total. The molecule has 0 aliphatic heterocycles. The highest BCUT2D eigenvalue weighted by Gasteiger charge is 2.03. The summed E-state index contributed by atoms with van der Waals surface area (Å²) in [5.41, 5.74) is 3.86. The van der Waals surface area contributed by atoms with Crippen molar-refractivity contribution in [3.63, 3.8) is 0 Å². The van der Waals surface area contributed by atoms with Crippen LogP contribution in [-0.4, -0.2) is 15.8 Å². The molecule has 2 rings (SSSR count). The summed E-state index contributed by atoms with van der Waals surface area (Å²) in [7, 11) is 0. The lowest BCUT2D eigenvalue weighted by Gasteiger charge is -2.05. The Morgan fingerprint density at radius 2 is 1.87 bits per heavy atom. The molecule has 1 aromatic carbocycles. The Balaban J connectivity index is 2.45. The average molecular weight is 200 g/mol. The van der Waals surface area contributed by atoms with Crippen molar-refractivity contribution in [3.05, 3.63) is 47.5 Å². The van der Waals surface area contributed by atoms with Gasteiger partial charge in [-0.25, -0.2) is 4.98 Å². The topological polar surface area (TPSA) is 34.9 Å². The normalized spacial score (nSPS) is 10.3. The van der Waals surface area contributed by atoms with Crippen LogP contribution in [0.4, 0.5) is 0 Å². The molecule has 0 bridgehead atoms. The number of carbonyl (C=O) groups excluding carboxylic acids is 1. The zero-order chi connectivity index (χ0) is 10.8. The first-order valence-electron chi connectivity index (χ1n) is 4.78. The van der Waals surface area contributed by atoms with E-state index in [4.69, 9.17) is 0 Å². The third-order valence-corrected chi connectivity index (χ3v) is 2.56. The first-order valence-corrected chi connectivity index (χ1v) is 4.78. The molecule has 0 saturated carbocycles. The molecule has 1 aromatic heterocycles. The van der Waals surface area contributed by atoms with Gasteiger partial charge in [0.25, 0.3) is 0 Å². The predicted octanol–water partition coefficient (Wildman–Crippen LogP) is 2.30. The van der Waals surface area contributed by atoms with Crippen molar-refractivity contribution in [1.82, 2.24) is 9.55 Å². The smallest absolute Gasteiger partial charge is 0.150 e. The quantitative estimate of drug-likeness (QED) is 0.697. The first-order chi connectivity index (χ1) is 7.22. The Kier molecular flexibility index (Phi) is 2.37. The fraction of sp³-hybridized carbons (Fsp3) is 0.167. The fourth-order valence-corrected chi connectivity index (χ4v) is 1.47. The van der Waals surface area contributed by atoms with Crippen LogP contribution in [0.15, 0.2) is 30.6 Å². The number of nitrogens with zero attached hydrogens (tertiary/aromatic N) is 2. The van der Waals surface area contributed by atoms with Gasteiger partial charge >= 0.3 is 0 Å². The Morgan fingerprint density at radius 3 is 2.33 bits per heavy atom. The van der Waals surface area contributed by atoms with Crippen molar-refractivity contribution in [2.24, 2.45) is 0 Å². The van der Waals surface area contributed by atoms with E-state index in [9.17, 15) is 4.79 Å². The summed E-state index contributed by atoms with van der Waals surface area (Å²) in [6, 6.07) is 7.43. The molecule has 2 aromatic rings. The van der Waals surface area contributed by atoms with Gasteiger partial charge in [-0.3, -0.25) is 4.79 Å². The van der Waals surface area contributed by atoms with Crippen molar-refractivity contribution in [2.45, 2.75) is 13.8 Å². The zero-order valence-corrected chi connectivity index (χ0v) is 8.77. The van der Waals surface area contributed by atoms with Gasteiger partial charge < -0.3 is 4.57 Å². The van der Waals surface area contributed by atoms with E-state index in [0.29, 0.717) is 5.56 Å². The maximum absolute atomic E-state index is 10.5. The number of hydrogen-bond donors (Lipinski definition) is 0. The summed E-state index contributed by atoms with van der Waals surface area (Å²) in [5, 5.41) is 0. The highest BCUT2D eigenvalue weighted by Crippen LogP contribution is 2.13. The van der Waals surface area contributed by atoms with Gasteiger partial charge in [0.2, 0.25) is 0 Å². The van der Waals surface area contributed by atoms with Crippen LogP contribution in [0.3, 0.4) is 0 Å². The summed E-state index contributed by atoms with van der Waals surface area (Å²) < 4.78 is 2.00. The van der Waals surface area contributed by atoms with Crippen molar-refractivity contribution in [3.8, 4) is 5.69 Å². The number of aromatic nitrogens is 2. The average Bonchev–Trinajstić information content (AvgIpc) is 2.60. The van der Waals surface area contributed by atoms with Crippen LogP contribution in [0.25, 0.3) is 5.69 Å². The van der Waals surface area contributed by atoms with E-state index in [1.54, 1.807) is 18.5 Å². The van der Waals surface area contributed by atoms with Gasteiger partial charge in [-0.15, -0.1) is 0 Å². The van der Waals surface area contributed by atoms with E-state index >= 15 is 0 Å². The van der Waals surface area contributed by atoms with Gasteiger partial charge in [0.15, 0.2) is 0 Å². The van der Waals surface area contributed by atoms with Crippen molar-refractivity contribution in [1.29, 1.82) is 0 Å². The zero-order valence-electron chi connectivity index (χ0n) is 8.77. The van der Waals surface area contributed by atoms with Crippen LogP contribution < -0.4 is 0 Å². The molecule has 0 atom stereocenters. The minimum absolute atomic E-state index is 0.688. The molecule has 3 heteroatoms. The number of rotatable bonds is 2.